The molecule has 0 aromatic heterocycles. The highest BCUT2D eigenvalue weighted by atomic mass is 32.2. The van der Waals surface area contributed by atoms with E-state index in [-0.39, 0.29) is 35.8 Å². The number of carbonyl (C=O) groups excluding carboxylic acids is 3. The van der Waals surface area contributed by atoms with Crippen LogP contribution in [0.3, 0.4) is 0 Å². The maximum Gasteiger partial charge on any atom is 0.311 e. The van der Waals surface area contributed by atoms with Crippen LogP contribution < -0.4 is 5.73 Å². The molecule has 1 saturated carbocycles. The van der Waals surface area contributed by atoms with Crippen LogP contribution in [0.4, 0.5) is 0 Å². The molecule has 0 radical (unpaired) electrons. The van der Waals surface area contributed by atoms with Gasteiger partial charge in [0.2, 0.25) is 0 Å². The number of nitrogens with zero attached hydrogens (tertiary/aromatic N) is 1. The van der Waals surface area contributed by atoms with Crippen molar-refractivity contribution in [3.63, 3.8) is 0 Å². The van der Waals surface area contributed by atoms with Crippen LogP contribution in [-0.4, -0.2) is 34.1 Å². The molecule has 2 aliphatic rings. The first kappa shape index (κ1) is 21.5. The second-order valence-corrected chi connectivity index (χ2v) is 10.0. The summed E-state index contributed by atoms with van der Waals surface area (Å²) in [5, 5.41) is 8.52. The monoisotopic (exact) mass is 414 g/mol. The number of thioether (sulfide) groups is 1. The van der Waals surface area contributed by atoms with Crippen LogP contribution in [0.1, 0.15) is 44.7 Å². The Kier molecular flexibility index (Phi) is 6.45. The Morgan fingerprint density at radius 2 is 2.00 bits per heavy atom. The van der Waals surface area contributed by atoms with Gasteiger partial charge in [-0.05, 0) is 25.8 Å². The zero-order valence-corrected chi connectivity index (χ0v) is 17.5. The maximum atomic E-state index is 12.9. The molecule has 7 heteroatoms. The first-order valence-corrected chi connectivity index (χ1v) is 10.7. The van der Waals surface area contributed by atoms with Crippen molar-refractivity contribution >= 4 is 29.3 Å². The predicted molar refractivity (Wildman–Crippen MR) is 110 cm³/mol. The second kappa shape index (κ2) is 8.68. The van der Waals surface area contributed by atoms with Crippen molar-refractivity contribution in [1.82, 2.24) is 0 Å². The van der Waals surface area contributed by atoms with Gasteiger partial charge in [0.05, 0.1) is 24.6 Å². The average molecular weight is 415 g/mol. The molecule has 154 valence electrons. The lowest BCUT2D eigenvalue weighted by molar-refractivity contribution is -0.157. The summed E-state index contributed by atoms with van der Waals surface area (Å²) in [5.41, 5.74) is 6.83. The molecule has 2 N–H and O–H groups in total. The SMILES string of the molecule is CC1(C)S[C@H]2C(C(=O)[C@H]2CC(=O)[C@H](N)c2ccccc2)[C@H]1C(=O)OCCCC#N. The van der Waals surface area contributed by atoms with Crippen LogP contribution in [0.5, 0.6) is 0 Å². The number of ketones is 2. The minimum atomic E-state index is -0.747. The lowest BCUT2D eigenvalue weighted by Crippen LogP contribution is -2.53. The Morgan fingerprint density at radius 1 is 1.31 bits per heavy atom. The largest absolute Gasteiger partial charge is 0.465 e. The molecule has 0 bridgehead atoms. The number of nitriles is 1. The fraction of sp³-hybridized carbons (Fsp3) is 0.545. The van der Waals surface area contributed by atoms with Crippen LogP contribution in [0.15, 0.2) is 30.3 Å². The van der Waals surface area contributed by atoms with Crippen molar-refractivity contribution in [3.05, 3.63) is 35.9 Å². The number of hydrogen-bond acceptors (Lipinski definition) is 7. The van der Waals surface area contributed by atoms with Crippen molar-refractivity contribution in [2.45, 2.75) is 49.1 Å². The number of unbranched alkanes of at least 4 members (excludes halogenated alkanes) is 1. The Morgan fingerprint density at radius 3 is 2.66 bits per heavy atom. The standard InChI is InChI=1S/C22H26N2O4S/c1-22(2)17(21(27)28-11-7-6-10-23)16-19(26)14(20(16)29-22)12-15(25)18(24)13-8-4-3-5-9-13/h3-5,8-9,14,16-18,20H,6-7,11-12,24H2,1-2H3/t14-,16?,17+,18-,20-/m1/s1. The number of hydrogen-bond donors (Lipinski definition) is 1. The minimum Gasteiger partial charge on any atom is -0.465 e. The molecule has 6 nitrogen and oxygen atoms in total. The molecule has 1 heterocycles. The Hall–Kier alpha value is -2.17. The van der Waals surface area contributed by atoms with Crippen molar-refractivity contribution in [2.24, 2.45) is 23.5 Å². The highest BCUT2D eigenvalue weighted by molar-refractivity contribution is 8.01. The van der Waals surface area contributed by atoms with Gasteiger partial charge in [0.1, 0.15) is 5.78 Å². The fourth-order valence-electron chi connectivity index (χ4n) is 4.32. The molecule has 0 amide bonds. The minimum absolute atomic E-state index is 0.0411. The van der Waals surface area contributed by atoms with E-state index in [1.165, 1.54) is 0 Å². The number of ether oxygens (including phenoxy) is 1. The van der Waals surface area contributed by atoms with Crippen molar-refractivity contribution in [3.8, 4) is 6.07 Å². The lowest BCUT2D eigenvalue weighted by Gasteiger charge is -2.39. The number of esters is 1. The van der Waals surface area contributed by atoms with E-state index in [0.717, 1.165) is 5.56 Å². The number of carbonyl (C=O) groups is 3. The van der Waals surface area contributed by atoms with E-state index in [0.29, 0.717) is 12.8 Å². The van der Waals surface area contributed by atoms with Crippen LogP contribution in [0, 0.1) is 29.1 Å². The number of Topliss-reactive ketones (excluding diaryl/α,β-unsaturated/α-hetero) is 2. The van der Waals surface area contributed by atoms with Gasteiger partial charge >= 0.3 is 5.97 Å². The first-order valence-electron chi connectivity index (χ1n) is 9.86. The van der Waals surface area contributed by atoms with Crippen molar-refractivity contribution < 1.29 is 19.1 Å². The molecule has 29 heavy (non-hydrogen) atoms. The lowest BCUT2D eigenvalue weighted by atomic mass is 9.63. The summed E-state index contributed by atoms with van der Waals surface area (Å²) in [6.45, 7) is 4.07. The summed E-state index contributed by atoms with van der Waals surface area (Å²) in [4.78, 5) is 38.1. The molecular formula is C22H26N2O4S. The van der Waals surface area contributed by atoms with Gasteiger partial charge in [-0.2, -0.15) is 5.26 Å². The highest BCUT2D eigenvalue weighted by Gasteiger charge is 2.65. The number of fused-ring (bicyclic) bond motifs is 1. The van der Waals surface area contributed by atoms with E-state index in [1.54, 1.807) is 23.9 Å². The van der Waals surface area contributed by atoms with Gasteiger partial charge in [0.15, 0.2) is 5.78 Å². The fourth-order valence-corrected chi connectivity index (χ4v) is 6.24. The van der Waals surface area contributed by atoms with Gasteiger partial charge in [-0.25, -0.2) is 0 Å². The molecule has 1 aliphatic carbocycles. The molecule has 1 saturated heterocycles. The molecular weight excluding hydrogens is 388 g/mol. The Balaban J connectivity index is 1.64. The van der Waals surface area contributed by atoms with Gasteiger partial charge in [0, 0.05) is 34.7 Å². The van der Waals surface area contributed by atoms with Crippen LogP contribution >= 0.6 is 11.8 Å². The zero-order chi connectivity index (χ0) is 21.2. The third-order valence-corrected chi connectivity index (χ3v) is 7.61. The van der Waals surface area contributed by atoms with E-state index in [2.05, 4.69) is 0 Å². The molecule has 1 aromatic carbocycles. The zero-order valence-electron chi connectivity index (χ0n) is 16.7. The van der Waals surface area contributed by atoms with E-state index in [9.17, 15) is 14.4 Å². The molecule has 1 aromatic rings. The van der Waals surface area contributed by atoms with E-state index in [4.69, 9.17) is 15.7 Å². The molecule has 2 fully saturated rings. The average Bonchev–Trinajstić information content (AvgIpc) is 2.97. The predicted octanol–water partition coefficient (Wildman–Crippen LogP) is 2.82. The summed E-state index contributed by atoms with van der Waals surface area (Å²) in [6, 6.07) is 10.4. The Labute approximate surface area is 175 Å². The summed E-state index contributed by atoms with van der Waals surface area (Å²) in [6.07, 6.45) is 0.912. The van der Waals surface area contributed by atoms with E-state index < -0.39 is 28.5 Å². The van der Waals surface area contributed by atoms with Crippen LogP contribution in [0.25, 0.3) is 0 Å². The van der Waals surface area contributed by atoms with Crippen LogP contribution in [0.2, 0.25) is 0 Å². The topological polar surface area (TPSA) is 110 Å². The first-order chi connectivity index (χ1) is 13.8. The van der Waals surface area contributed by atoms with Crippen molar-refractivity contribution in [2.75, 3.05) is 6.61 Å². The smallest absolute Gasteiger partial charge is 0.311 e. The van der Waals surface area contributed by atoms with Gasteiger partial charge in [-0.15, -0.1) is 11.8 Å². The summed E-state index contributed by atoms with van der Waals surface area (Å²) >= 11 is 1.59. The number of nitrogens with two attached hydrogens (primary N) is 1. The number of rotatable bonds is 8. The van der Waals surface area contributed by atoms with Gasteiger partial charge in [-0.3, -0.25) is 14.4 Å². The third-order valence-electron chi connectivity index (χ3n) is 5.85. The molecule has 1 unspecified atom stereocenters. The van der Waals surface area contributed by atoms with E-state index >= 15 is 0 Å². The maximum absolute atomic E-state index is 12.9. The molecule has 0 spiro atoms. The van der Waals surface area contributed by atoms with Gasteiger partial charge in [0.25, 0.3) is 0 Å². The summed E-state index contributed by atoms with van der Waals surface area (Å²) < 4.78 is 4.89. The molecule has 1 aliphatic heterocycles. The summed E-state index contributed by atoms with van der Waals surface area (Å²) in [5.74, 6) is -1.92. The van der Waals surface area contributed by atoms with Crippen LogP contribution in [-0.2, 0) is 19.1 Å². The summed E-state index contributed by atoms with van der Waals surface area (Å²) in [7, 11) is 0. The number of benzene rings is 1. The normalized spacial score (nSPS) is 28.0. The third kappa shape index (κ3) is 4.24. The van der Waals surface area contributed by atoms with Gasteiger partial charge < -0.3 is 10.5 Å². The molecule has 5 atom stereocenters. The second-order valence-electron chi connectivity index (χ2n) is 8.19. The van der Waals surface area contributed by atoms with E-state index in [1.807, 2.05) is 38.1 Å². The highest BCUT2D eigenvalue weighted by Crippen LogP contribution is 2.60. The quantitative estimate of drug-likeness (QED) is 0.514. The van der Waals surface area contributed by atoms with Crippen molar-refractivity contribution in [1.29, 1.82) is 5.26 Å². The van der Waals surface area contributed by atoms with Gasteiger partial charge in [-0.1, -0.05) is 30.3 Å². The molecule has 3 rings (SSSR count). The Bertz CT molecular complexity index is 833.